The third-order valence-electron chi connectivity index (χ3n) is 4.91. The van der Waals surface area contributed by atoms with Crippen molar-refractivity contribution < 1.29 is 23.9 Å². The molecule has 0 aliphatic heterocycles. The highest BCUT2D eigenvalue weighted by atomic mass is 16.5. The Balaban J connectivity index is 1.41. The monoisotopic (exact) mass is 396 g/mol. The third-order valence-corrected chi connectivity index (χ3v) is 4.91. The lowest BCUT2D eigenvalue weighted by Crippen LogP contribution is -2.29. The first-order valence-corrected chi connectivity index (χ1v) is 9.41. The Labute approximate surface area is 169 Å². The molecule has 0 saturated heterocycles. The summed E-state index contributed by atoms with van der Waals surface area (Å²) in [4.78, 5) is 36.0. The van der Waals surface area contributed by atoms with E-state index in [4.69, 9.17) is 4.74 Å². The van der Waals surface area contributed by atoms with Gasteiger partial charge in [0.2, 0.25) is 11.8 Å². The first kappa shape index (κ1) is 20.4. The number of nitrogens with one attached hydrogen (secondary N) is 2. The highest BCUT2D eigenvalue weighted by molar-refractivity contribution is 5.99. The minimum Gasteiger partial charge on any atom is -0.497 e. The average molecular weight is 396 g/mol. The number of rotatable bonds is 8. The Morgan fingerprint density at radius 2 is 1.59 bits per heavy atom. The number of carbonyl (C=O) groups excluding carboxylic acids is 3. The Morgan fingerprint density at radius 3 is 2.21 bits per heavy atom. The number of ether oxygens (including phenoxy) is 2. The van der Waals surface area contributed by atoms with E-state index in [-0.39, 0.29) is 23.7 Å². The predicted octanol–water partition coefficient (Wildman–Crippen LogP) is 2.42. The van der Waals surface area contributed by atoms with Gasteiger partial charge >= 0.3 is 5.97 Å². The Kier molecular flexibility index (Phi) is 6.49. The number of amides is 2. The van der Waals surface area contributed by atoms with Crippen molar-refractivity contribution in [1.29, 1.82) is 0 Å². The number of methoxy groups -OCH3 is 2. The molecule has 2 amide bonds. The van der Waals surface area contributed by atoms with Gasteiger partial charge in [0.05, 0.1) is 31.6 Å². The van der Waals surface area contributed by atoms with Gasteiger partial charge in [0, 0.05) is 12.2 Å². The molecule has 0 bridgehead atoms. The average Bonchev–Trinajstić information content (AvgIpc) is 3.55. The summed E-state index contributed by atoms with van der Waals surface area (Å²) in [5.41, 5.74) is 2.09. The van der Waals surface area contributed by atoms with Gasteiger partial charge in [-0.15, -0.1) is 0 Å². The van der Waals surface area contributed by atoms with E-state index in [2.05, 4.69) is 15.4 Å². The van der Waals surface area contributed by atoms with Crippen LogP contribution in [-0.4, -0.2) is 38.5 Å². The number of hydrogen-bond acceptors (Lipinski definition) is 5. The number of carbonyl (C=O) groups is 3. The molecule has 2 aromatic rings. The van der Waals surface area contributed by atoms with E-state index in [1.54, 1.807) is 31.4 Å². The van der Waals surface area contributed by atoms with Crippen molar-refractivity contribution >= 4 is 23.5 Å². The van der Waals surface area contributed by atoms with Crippen LogP contribution in [0.2, 0.25) is 0 Å². The molecule has 7 heteroatoms. The summed E-state index contributed by atoms with van der Waals surface area (Å²) in [5, 5.41) is 5.68. The van der Waals surface area contributed by atoms with Crippen molar-refractivity contribution in [3.05, 3.63) is 59.7 Å². The second kappa shape index (κ2) is 9.23. The van der Waals surface area contributed by atoms with Crippen LogP contribution in [0, 0.1) is 11.8 Å². The highest BCUT2D eigenvalue weighted by Crippen LogP contribution is 2.39. The summed E-state index contributed by atoms with van der Waals surface area (Å²) in [6.07, 6.45) is 1.26. The van der Waals surface area contributed by atoms with Gasteiger partial charge in [-0.2, -0.15) is 0 Å². The summed E-state index contributed by atoms with van der Waals surface area (Å²) >= 11 is 0. The van der Waals surface area contributed by atoms with Crippen LogP contribution >= 0.6 is 0 Å². The zero-order valence-electron chi connectivity index (χ0n) is 16.4. The molecule has 2 aromatic carbocycles. The van der Waals surface area contributed by atoms with Crippen LogP contribution < -0.4 is 15.4 Å². The first-order chi connectivity index (χ1) is 14.0. The minimum absolute atomic E-state index is 0.0975. The molecule has 3 rings (SSSR count). The maximum atomic E-state index is 12.3. The van der Waals surface area contributed by atoms with E-state index >= 15 is 0 Å². The van der Waals surface area contributed by atoms with Gasteiger partial charge < -0.3 is 20.1 Å². The normalized spacial score (nSPS) is 17.2. The van der Waals surface area contributed by atoms with Gasteiger partial charge in [-0.1, -0.05) is 12.1 Å². The van der Waals surface area contributed by atoms with Gasteiger partial charge in [0.15, 0.2) is 0 Å². The molecule has 0 heterocycles. The molecule has 2 unspecified atom stereocenters. The number of hydrogen-bond donors (Lipinski definition) is 2. The van der Waals surface area contributed by atoms with Crippen molar-refractivity contribution in [3.63, 3.8) is 0 Å². The molecule has 29 heavy (non-hydrogen) atoms. The van der Waals surface area contributed by atoms with Gasteiger partial charge in [-0.3, -0.25) is 9.59 Å². The molecule has 0 spiro atoms. The standard InChI is InChI=1S/C22H24N2O5/c1-28-17-9-3-14(4-10-17)11-12-23-20(25)18-13-19(18)21(26)24-16-7-5-15(6-8-16)22(27)29-2/h3-10,18-19H,11-13H2,1-2H3,(H,23,25)(H,24,26). The summed E-state index contributed by atoms with van der Waals surface area (Å²) in [7, 11) is 2.93. The van der Waals surface area contributed by atoms with E-state index in [0.29, 0.717) is 30.6 Å². The van der Waals surface area contributed by atoms with E-state index in [0.717, 1.165) is 11.3 Å². The number of benzene rings is 2. The zero-order chi connectivity index (χ0) is 20.8. The zero-order valence-corrected chi connectivity index (χ0v) is 16.4. The summed E-state index contributed by atoms with van der Waals surface area (Å²) < 4.78 is 9.76. The van der Waals surface area contributed by atoms with Crippen molar-refractivity contribution in [2.45, 2.75) is 12.8 Å². The van der Waals surface area contributed by atoms with Crippen molar-refractivity contribution in [1.82, 2.24) is 5.32 Å². The molecule has 1 aliphatic carbocycles. The fourth-order valence-corrected chi connectivity index (χ4v) is 3.07. The molecular formula is C22H24N2O5. The van der Waals surface area contributed by atoms with Crippen LogP contribution in [0.4, 0.5) is 5.69 Å². The van der Waals surface area contributed by atoms with E-state index in [1.165, 1.54) is 7.11 Å². The van der Waals surface area contributed by atoms with Gasteiger partial charge in [-0.05, 0) is 54.8 Å². The summed E-state index contributed by atoms with van der Waals surface area (Å²) in [6, 6.07) is 14.1. The number of esters is 1. The molecular weight excluding hydrogens is 372 g/mol. The molecule has 0 radical (unpaired) electrons. The topological polar surface area (TPSA) is 93.7 Å². The van der Waals surface area contributed by atoms with Crippen LogP contribution in [0.15, 0.2) is 48.5 Å². The third kappa shape index (κ3) is 5.34. The van der Waals surface area contributed by atoms with Crippen LogP contribution in [0.5, 0.6) is 5.75 Å². The van der Waals surface area contributed by atoms with Crippen LogP contribution in [0.25, 0.3) is 0 Å². The predicted molar refractivity (Wildman–Crippen MR) is 108 cm³/mol. The second-order valence-electron chi connectivity index (χ2n) is 6.90. The number of anilines is 1. The smallest absolute Gasteiger partial charge is 0.337 e. The highest BCUT2D eigenvalue weighted by Gasteiger charge is 2.47. The fourth-order valence-electron chi connectivity index (χ4n) is 3.07. The lowest BCUT2D eigenvalue weighted by Gasteiger charge is -2.07. The minimum atomic E-state index is -0.434. The molecule has 2 atom stereocenters. The van der Waals surface area contributed by atoms with Gasteiger partial charge in [0.1, 0.15) is 5.75 Å². The van der Waals surface area contributed by atoms with Crippen LogP contribution in [-0.2, 0) is 20.7 Å². The molecule has 1 saturated carbocycles. The largest absolute Gasteiger partial charge is 0.497 e. The van der Waals surface area contributed by atoms with Crippen molar-refractivity contribution in [2.75, 3.05) is 26.1 Å². The van der Waals surface area contributed by atoms with Crippen molar-refractivity contribution in [3.8, 4) is 5.75 Å². The summed E-state index contributed by atoms with van der Waals surface area (Å²) in [6.45, 7) is 0.519. The summed E-state index contributed by atoms with van der Waals surface area (Å²) in [5.74, 6) is -0.539. The van der Waals surface area contributed by atoms with Gasteiger partial charge in [0.25, 0.3) is 0 Å². The Bertz CT molecular complexity index is 877. The first-order valence-electron chi connectivity index (χ1n) is 9.41. The molecule has 0 aromatic heterocycles. The fraction of sp³-hybridized carbons (Fsp3) is 0.318. The SMILES string of the molecule is COC(=O)c1ccc(NC(=O)C2CC2C(=O)NCCc2ccc(OC)cc2)cc1. The molecule has 7 nitrogen and oxygen atoms in total. The molecule has 1 fully saturated rings. The maximum Gasteiger partial charge on any atom is 0.337 e. The van der Waals surface area contributed by atoms with Crippen LogP contribution in [0.1, 0.15) is 22.3 Å². The molecule has 1 aliphatic rings. The second-order valence-corrected chi connectivity index (χ2v) is 6.90. The van der Waals surface area contributed by atoms with E-state index in [9.17, 15) is 14.4 Å². The molecule has 152 valence electrons. The van der Waals surface area contributed by atoms with E-state index in [1.807, 2.05) is 24.3 Å². The Morgan fingerprint density at radius 1 is 0.931 bits per heavy atom. The Hall–Kier alpha value is -3.35. The quantitative estimate of drug-likeness (QED) is 0.669. The molecule has 2 N–H and O–H groups in total. The lowest BCUT2D eigenvalue weighted by atomic mass is 10.1. The van der Waals surface area contributed by atoms with Crippen LogP contribution in [0.3, 0.4) is 0 Å². The van der Waals surface area contributed by atoms with E-state index < -0.39 is 5.97 Å². The lowest BCUT2D eigenvalue weighted by molar-refractivity contribution is -0.125. The van der Waals surface area contributed by atoms with Crippen molar-refractivity contribution in [2.24, 2.45) is 11.8 Å². The van der Waals surface area contributed by atoms with Gasteiger partial charge in [-0.25, -0.2) is 4.79 Å². The maximum absolute atomic E-state index is 12.3.